The molecule has 2 N–H and O–H groups in total. The number of hydrogen-bond donors (Lipinski definition) is 2. The number of carbonyl (C=O) groups excluding carboxylic acids is 3. The fourth-order valence-electron chi connectivity index (χ4n) is 4.05. The van der Waals surface area contributed by atoms with E-state index in [1.807, 2.05) is 0 Å². The zero-order chi connectivity index (χ0) is 22.8. The molecule has 2 unspecified atom stereocenters. The fraction of sp³-hybridized carbons (Fsp3) is 0.318. The zero-order valence-electron chi connectivity index (χ0n) is 17.0. The van der Waals surface area contributed by atoms with Crippen molar-refractivity contribution >= 4 is 58.3 Å². The topological polar surface area (TPSA) is 81.8 Å². The van der Waals surface area contributed by atoms with E-state index in [0.717, 1.165) is 12.0 Å². The van der Waals surface area contributed by atoms with Crippen molar-refractivity contribution in [1.29, 1.82) is 0 Å². The van der Waals surface area contributed by atoms with E-state index < -0.39 is 12.1 Å². The SMILES string of the molecule is O=C(CN1C(=O)N(Cc2ccc(Cl)cc2)C(=O)C2NCCCC21)Nc1ccc(Cl)c(Cl)c1. The largest absolute Gasteiger partial charge is 0.327 e. The van der Waals surface area contributed by atoms with E-state index in [-0.39, 0.29) is 30.9 Å². The molecule has 4 amide bonds. The first kappa shape index (κ1) is 22.9. The predicted molar refractivity (Wildman–Crippen MR) is 124 cm³/mol. The highest BCUT2D eigenvalue weighted by molar-refractivity contribution is 6.42. The number of nitrogens with zero attached hydrogens (tertiary/aromatic N) is 2. The van der Waals surface area contributed by atoms with Crippen LogP contribution >= 0.6 is 34.8 Å². The maximum absolute atomic E-state index is 13.3. The van der Waals surface area contributed by atoms with Gasteiger partial charge in [-0.3, -0.25) is 14.5 Å². The lowest BCUT2D eigenvalue weighted by Gasteiger charge is -2.46. The van der Waals surface area contributed by atoms with Crippen molar-refractivity contribution in [2.75, 3.05) is 18.4 Å². The highest BCUT2D eigenvalue weighted by Crippen LogP contribution is 2.27. The Bertz CT molecular complexity index is 1050. The Balaban J connectivity index is 1.53. The lowest BCUT2D eigenvalue weighted by molar-refractivity contribution is -0.138. The van der Waals surface area contributed by atoms with E-state index in [4.69, 9.17) is 34.8 Å². The number of urea groups is 1. The molecule has 0 saturated carbocycles. The molecular weight excluding hydrogens is 475 g/mol. The third kappa shape index (κ3) is 4.86. The molecule has 168 valence electrons. The molecule has 2 fully saturated rings. The molecule has 0 aromatic heterocycles. The molecule has 2 aromatic carbocycles. The second-order valence-corrected chi connectivity index (χ2v) is 9.03. The number of carbonyl (C=O) groups is 3. The summed E-state index contributed by atoms with van der Waals surface area (Å²) in [5.41, 5.74) is 1.24. The van der Waals surface area contributed by atoms with E-state index in [1.54, 1.807) is 42.5 Å². The smallest absolute Gasteiger partial charge is 0.324 e. The summed E-state index contributed by atoms with van der Waals surface area (Å²) in [6.07, 6.45) is 1.45. The van der Waals surface area contributed by atoms with Crippen molar-refractivity contribution in [2.24, 2.45) is 0 Å². The Labute approximate surface area is 200 Å². The molecule has 0 spiro atoms. The van der Waals surface area contributed by atoms with Crippen LogP contribution in [0.25, 0.3) is 0 Å². The van der Waals surface area contributed by atoms with Gasteiger partial charge in [-0.05, 0) is 55.3 Å². The minimum absolute atomic E-state index is 0.102. The van der Waals surface area contributed by atoms with Crippen LogP contribution in [0, 0.1) is 0 Å². The minimum atomic E-state index is -0.550. The van der Waals surface area contributed by atoms with Crippen LogP contribution in [0.4, 0.5) is 10.5 Å². The molecule has 0 radical (unpaired) electrons. The Morgan fingerprint density at radius 3 is 2.53 bits per heavy atom. The summed E-state index contributed by atoms with van der Waals surface area (Å²) in [6, 6.07) is 10.3. The second kappa shape index (κ2) is 9.67. The number of halogens is 3. The molecule has 7 nitrogen and oxygen atoms in total. The lowest BCUT2D eigenvalue weighted by Crippen LogP contribution is -2.70. The fourth-order valence-corrected chi connectivity index (χ4v) is 4.47. The van der Waals surface area contributed by atoms with Gasteiger partial charge in [-0.2, -0.15) is 0 Å². The molecule has 4 rings (SSSR count). The number of rotatable bonds is 5. The van der Waals surface area contributed by atoms with Crippen LogP contribution < -0.4 is 10.6 Å². The number of benzene rings is 2. The van der Waals surface area contributed by atoms with Crippen LogP contribution in [0.2, 0.25) is 15.1 Å². The maximum atomic E-state index is 13.3. The van der Waals surface area contributed by atoms with Gasteiger partial charge in [0.05, 0.1) is 22.6 Å². The van der Waals surface area contributed by atoms with Gasteiger partial charge in [0.2, 0.25) is 11.8 Å². The molecule has 0 aliphatic carbocycles. The highest BCUT2D eigenvalue weighted by atomic mass is 35.5. The van der Waals surface area contributed by atoms with Gasteiger partial charge in [0.15, 0.2) is 0 Å². The van der Waals surface area contributed by atoms with Gasteiger partial charge in [-0.1, -0.05) is 46.9 Å². The van der Waals surface area contributed by atoms with Gasteiger partial charge in [-0.25, -0.2) is 4.79 Å². The summed E-state index contributed by atoms with van der Waals surface area (Å²) in [4.78, 5) is 41.8. The van der Waals surface area contributed by atoms with Gasteiger partial charge in [0.1, 0.15) is 12.6 Å². The summed E-state index contributed by atoms with van der Waals surface area (Å²) in [5, 5.41) is 7.22. The molecule has 2 aromatic rings. The van der Waals surface area contributed by atoms with Crippen LogP contribution in [0.5, 0.6) is 0 Å². The van der Waals surface area contributed by atoms with Crippen LogP contribution in [-0.4, -0.2) is 52.8 Å². The first-order valence-electron chi connectivity index (χ1n) is 10.2. The average molecular weight is 496 g/mol. The number of fused-ring (bicyclic) bond motifs is 1. The van der Waals surface area contributed by atoms with Gasteiger partial charge < -0.3 is 15.5 Å². The quantitative estimate of drug-likeness (QED) is 0.652. The Kier molecular flexibility index (Phi) is 6.90. The van der Waals surface area contributed by atoms with E-state index in [0.29, 0.717) is 33.7 Å². The predicted octanol–water partition coefficient (Wildman–Crippen LogP) is 4.17. The van der Waals surface area contributed by atoms with Crippen LogP contribution in [0.1, 0.15) is 18.4 Å². The molecule has 10 heteroatoms. The van der Waals surface area contributed by atoms with Gasteiger partial charge in [0.25, 0.3) is 0 Å². The summed E-state index contributed by atoms with van der Waals surface area (Å²) in [7, 11) is 0. The molecule has 2 aliphatic rings. The van der Waals surface area contributed by atoms with E-state index in [9.17, 15) is 14.4 Å². The molecular formula is C22H21Cl3N4O3. The van der Waals surface area contributed by atoms with E-state index >= 15 is 0 Å². The monoisotopic (exact) mass is 494 g/mol. The van der Waals surface area contributed by atoms with Gasteiger partial charge in [0, 0.05) is 10.7 Å². The summed E-state index contributed by atoms with van der Waals surface area (Å²) in [5.74, 6) is -0.669. The summed E-state index contributed by atoms with van der Waals surface area (Å²) in [6.45, 7) is 0.593. The van der Waals surface area contributed by atoms with Crippen LogP contribution in [0.3, 0.4) is 0 Å². The maximum Gasteiger partial charge on any atom is 0.327 e. The molecule has 0 bridgehead atoms. The molecule has 32 heavy (non-hydrogen) atoms. The first-order valence-corrected chi connectivity index (χ1v) is 11.3. The zero-order valence-corrected chi connectivity index (χ0v) is 19.3. The summed E-state index contributed by atoms with van der Waals surface area (Å²) >= 11 is 17.9. The summed E-state index contributed by atoms with van der Waals surface area (Å²) < 4.78 is 0. The first-order chi connectivity index (χ1) is 15.3. The average Bonchev–Trinajstić information content (AvgIpc) is 2.78. The van der Waals surface area contributed by atoms with Gasteiger partial charge in [-0.15, -0.1) is 0 Å². The van der Waals surface area contributed by atoms with Crippen molar-refractivity contribution < 1.29 is 14.4 Å². The lowest BCUT2D eigenvalue weighted by atomic mass is 9.93. The molecule has 2 atom stereocenters. The third-order valence-electron chi connectivity index (χ3n) is 5.61. The highest BCUT2D eigenvalue weighted by Gasteiger charge is 2.47. The van der Waals surface area contributed by atoms with Gasteiger partial charge >= 0.3 is 6.03 Å². The van der Waals surface area contributed by atoms with E-state index in [2.05, 4.69) is 10.6 Å². The van der Waals surface area contributed by atoms with Crippen LogP contribution in [-0.2, 0) is 16.1 Å². The Hall–Kier alpha value is -2.32. The molecule has 2 heterocycles. The Morgan fingerprint density at radius 2 is 1.81 bits per heavy atom. The molecule has 2 aliphatic heterocycles. The number of hydrogen-bond acceptors (Lipinski definition) is 4. The number of piperidine rings is 1. The Morgan fingerprint density at radius 1 is 1.06 bits per heavy atom. The standard InChI is InChI=1S/C22H21Cl3N4O3/c23-14-5-3-13(4-6-14)11-29-21(31)20-18(2-1-9-26-20)28(22(29)32)12-19(30)27-15-7-8-16(24)17(25)10-15/h3-8,10,18,20,26H,1-2,9,11-12H2,(H,27,30). The number of nitrogens with one attached hydrogen (secondary N) is 2. The van der Waals surface area contributed by atoms with E-state index in [1.165, 1.54) is 9.80 Å². The molecule has 2 saturated heterocycles. The number of amides is 4. The number of anilines is 1. The van der Waals surface area contributed by atoms with Crippen molar-refractivity contribution in [1.82, 2.24) is 15.1 Å². The minimum Gasteiger partial charge on any atom is -0.324 e. The third-order valence-corrected chi connectivity index (χ3v) is 6.60. The van der Waals surface area contributed by atoms with Crippen molar-refractivity contribution in [2.45, 2.75) is 31.5 Å². The van der Waals surface area contributed by atoms with Crippen molar-refractivity contribution in [3.05, 3.63) is 63.1 Å². The normalized spacial score (nSPS) is 20.8. The number of imide groups is 1. The second-order valence-electron chi connectivity index (χ2n) is 7.78. The van der Waals surface area contributed by atoms with Crippen molar-refractivity contribution in [3.63, 3.8) is 0 Å². The van der Waals surface area contributed by atoms with Crippen LogP contribution in [0.15, 0.2) is 42.5 Å². The van der Waals surface area contributed by atoms with Crippen molar-refractivity contribution in [3.8, 4) is 0 Å².